The molecule has 438 valence electrons. The highest BCUT2D eigenvalue weighted by Crippen LogP contribution is 2.51. The topological polar surface area (TPSA) is 55.4 Å². The van der Waals surface area contributed by atoms with Gasteiger partial charge in [-0.25, -0.2) is 0 Å². The largest absolute Gasteiger partial charge is 0.497 e. The Morgan fingerprint density at radius 1 is 0.200 bits per heavy atom. The molecule has 0 unspecified atom stereocenters. The maximum atomic E-state index is 6.80. The van der Waals surface area contributed by atoms with Crippen LogP contribution >= 0.6 is 15.8 Å². The Morgan fingerprint density at radius 2 is 0.433 bits per heavy atom. The van der Waals surface area contributed by atoms with E-state index in [0.29, 0.717) is 0 Å². The van der Waals surface area contributed by atoms with E-state index in [4.69, 9.17) is 28.4 Å². The monoisotopic (exact) mass is 1210 g/mol. The van der Waals surface area contributed by atoms with E-state index in [0.717, 1.165) is 144 Å². The molecule has 14 aromatic carbocycles. The van der Waals surface area contributed by atoms with Gasteiger partial charge in [-0.15, -0.1) is 0 Å². The van der Waals surface area contributed by atoms with Crippen molar-refractivity contribution in [2.45, 2.75) is 0 Å². The van der Waals surface area contributed by atoms with Crippen molar-refractivity contribution in [3.63, 3.8) is 0 Å². The number of ether oxygens (including phenoxy) is 6. The Morgan fingerprint density at radius 3 is 0.689 bits per heavy atom. The van der Waals surface area contributed by atoms with Gasteiger partial charge in [0.25, 0.3) is 0 Å². The molecule has 0 amide bonds. The zero-order valence-electron chi connectivity index (χ0n) is 50.9. The molecule has 0 atom stereocenters. The van der Waals surface area contributed by atoms with Crippen molar-refractivity contribution in [2.24, 2.45) is 0 Å². The predicted molar refractivity (Wildman–Crippen MR) is 380 cm³/mol. The van der Waals surface area contributed by atoms with Crippen LogP contribution in [0.25, 0.3) is 98.7 Å². The molecule has 14 aromatic rings. The minimum Gasteiger partial charge on any atom is -0.497 e. The van der Waals surface area contributed by atoms with Gasteiger partial charge in [-0.3, -0.25) is 0 Å². The van der Waals surface area contributed by atoms with Crippen LogP contribution in [0, 0.1) is 0 Å². The molecule has 0 radical (unpaired) electrons. The van der Waals surface area contributed by atoms with Gasteiger partial charge in [-0.05, 0) is 220 Å². The minimum absolute atomic E-state index is 0.742. The summed E-state index contributed by atoms with van der Waals surface area (Å²) in [5.74, 6) is 4.78. The Kier molecular flexibility index (Phi) is 16.0. The number of benzene rings is 14. The third-order valence-corrected chi connectivity index (χ3v) is 22.4. The fourth-order valence-electron chi connectivity index (χ4n) is 12.8. The van der Waals surface area contributed by atoms with Crippen LogP contribution in [-0.4, -0.2) is 42.7 Å². The Balaban J connectivity index is 1.06. The van der Waals surface area contributed by atoms with Gasteiger partial charge in [-0.2, -0.15) is 0 Å². The molecule has 8 heteroatoms. The third kappa shape index (κ3) is 10.8. The maximum absolute atomic E-state index is 6.80. The normalized spacial score (nSPS) is 11.4. The van der Waals surface area contributed by atoms with E-state index in [1.54, 1.807) is 42.7 Å². The molecule has 0 saturated heterocycles. The first-order valence-electron chi connectivity index (χ1n) is 30.0. The molecule has 0 saturated carbocycles. The Labute approximate surface area is 528 Å². The van der Waals surface area contributed by atoms with Crippen LogP contribution in [-0.2, 0) is 0 Å². The van der Waals surface area contributed by atoms with E-state index < -0.39 is 15.8 Å². The van der Waals surface area contributed by atoms with Gasteiger partial charge in [-0.1, -0.05) is 194 Å². The number of methoxy groups -OCH3 is 6. The second-order valence-corrected chi connectivity index (χ2v) is 26.4. The second-order valence-electron chi connectivity index (χ2n) is 22.2. The number of hydrogen-bond acceptors (Lipinski definition) is 6. The minimum atomic E-state index is -1.47. The Hall–Kier alpha value is -10.2. The summed E-state index contributed by atoms with van der Waals surface area (Å²) in [6.45, 7) is 0. The number of fused-ring (bicyclic) bond motifs is 4. The first kappa shape index (κ1) is 57.5. The molecular weight excluding hydrogens is 1140 g/mol. The molecule has 0 N–H and O–H groups in total. The summed E-state index contributed by atoms with van der Waals surface area (Å²) in [7, 11) is 7.52. The van der Waals surface area contributed by atoms with Crippen molar-refractivity contribution >= 4 is 90.8 Å². The zero-order valence-corrected chi connectivity index (χ0v) is 52.7. The molecule has 0 fully saturated rings. The summed E-state index contributed by atoms with van der Waals surface area (Å²) in [5.41, 5.74) is 11.0. The molecule has 6 nitrogen and oxygen atoms in total. The van der Waals surface area contributed by atoms with Gasteiger partial charge in [0.05, 0.1) is 42.7 Å². The molecule has 14 rings (SSSR count). The fraction of sp³-hybridized carbons (Fsp3) is 0.0732. The number of rotatable bonds is 17. The summed E-state index contributed by atoms with van der Waals surface area (Å²) in [4.78, 5) is 0. The van der Waals surface area contributed by atoms with E-state index in [2.05, 4.69) is 255 Å². The van der Waals surface area contributed by atoms with Crippen LogP contribution in [0.2, 0.25) is 0 Å². The summed E-state index contributed by atoms with van der Waals surface area (Å²) in [6.07, 6.45) is 0. The van der Waals surface area contributed by atoms with E-state index in [9.17, 15) is 0 Å². The molecule has 0 bridgehead atoms. The fourth-order valence-corrected chi connectivity index (χ4v) is 18.4. The van der Waals surface area contributed by atoms with E-state index >= 15 is 0 Å². The molecular formula is C82H64O6P2. The molecule has 0 aliphatic rings. The standard InChI is InChI=1S/C82H64O6P2/c1-83-65-41-37-53-45-61(33-29-57(53)49-65)69-17-7-11-23-75(69)89(76-24-12-8-18-70(76)62-34-30-58-50-66(84-2)42-38-54(58)46-62)79-27-15-21-73(87-5)81(79)82-74(88-6)22-16-28-80(82)90(77-25-13-9-19-71(77)63-35-31-59-51-67(85-3)43-39-55(59)47-63)78-26-14-10-20-72(78)64-36-32-60-52-68(86-4)44-40-56(60)48-64/h7-52H,1-6H3. The molecule has 0 aromatic heterocycles. The van der Waals surface area contributed by atoms with Gasteiger partial charge in [0.15, 0.2) is 0 Å². The summed E-state index contributed by atoms with van der Waals surface area (Å²) in [5, 5.41) is 16.0. The van der Waals surface area contributed by atoms with Gasteiger partial charge in [0.1, 0.15) is 34.5 Å². The number of hydrogen-bond donors (Lipinski definition) is 0. The van der Waals surface area contributed by atoms with Crippen molar-refractivity contribution < 1.29 is 28.4 Å². The molecule has 0 spiro atoms. The lowest BCUT2D eigenvalue weighted by Crippen LogP contribution is -2.28. The van der Waals surface area contributed by atoms with Gasteiger partial charge in [0, 0.05) is 11.1 Å². The average Bonchev–Trinajstić information content (AvgIpc) is 0.804. The molecule has 0 aliphatic heterocycles. The van der Waals surface area contributed by atoms with Gasteiger partial charge >= 0.3 is 0 Å². The van der Waals surface area contributed by atoms with Crippen molar-refractivity contribution in [1.82, 2.24) is 0 Å². The van der Waals surface area contributed by atoms with Gasteiger partial charge in [0.2, 0.25) is 0 Å². The SMILES string of the molecule is COc1ccc2cc(-c3ccccc3P(c3ccccc3-c3ccc4cc(OC)ccc4c3)c3cccc(OC)c3-c3c(OC)cccc3P(c3ccccc3-c3ccc4cc(OC)ccc4c3)c3ccccc3-c3ccc4cc(OC)ccc4c3)ccc2c1. The van der Waals surface area contributed by atoms with Crippen molar-refractivity contribution in [3.05, 3.63) is 279 Å². The smallest absolute Gasteiger partial charge is 0.127 e. The highest BCUT2D eigenvalue weighted by molar-refractivity contribution is 7.81. The second kappa shape index (κ2) is 25.1. The van der Waals surface area contributed by atoms with E-state index in [-0.39, 0.29) is 0 Å². The maximum Gasteiger partial charge on any atom is 0.127 e. The van der Waals surface area contributed by atoms with Crippen LogP contribution in [0.5, 0.6) is 34.5 Å². The van der Waals surface area contributed by atoms with Crippen molar-refractivity contribution in [1.29, 1.82) is 0 Å². The lowest BCUT2D eigenvalue weighted by molar-refractivity contribution is 0.411. The summed E-state index contributed by atoms with van der Waals surface area (Å²) >= 11 is 0. The van der Waals surface area contributed by atoms with Crippen LogP contribution in [0.3, 0.4) is 0 Å². The highest BCUT2D eigenvalue weighted by atomic mass is 31.1. The lowest BCUT2D eigenvalue weighted by Gasteiger charge is -2.31. The van der Waals surface area contributed by atoms with Crippen molar-refractivity contribution in [3.8, 4) is 90.1 Å². The molecule has 0 aliphatic carbocycles. The van der Waals surface area contributed by atoms with E-state index in [1.807, 2.05) is 24.3 Å². The van der Waals surface area contributed by atoms with Crippen LogP contribution < -0.4 is 60.2 Å². The highest BCUT2D eigenvalue weighted by Gasteiger charge is 2.34. The summed E-state index contributed by atoms with van der Waals surface area (Å²) in [6, 6.07) is 102. The first-order valence-corrected chi connectivity index (χ1v) is 32.7. The Bertz CT molecular complexity index is 4460. The van der Waals surface area contributed by atoms with E-state index in [1.165, 1.54) is 21.2 Å². The van der Waals surface area contributed by atoms with Crippen molar-refractivity contribution in [2.75, 3.05) is 42.7 Å². The van der Waals surface area contributed by atoms with Crippen LogP contribution in [0.15, 0.2) is 279 Å². The molecule has 90 heavy (non-hydrogen) atoms. The quantitative estimate of drug-likeness (QED) is 0.0847. The zero-order chi connectivity index (χ0) is 61.2. The molecule has 0 heterocycles. The average molecular weight is 1210 g/mol. The van der Waals surface area contributed by atoms with Gasteiger partial charge < -0.3 is 28.4 Å². The van der Waals surface area contributed by atoms with Crippen LogP contribution in [0.1, 0.15) is 0 Å². The lowest BCUT2D eigenvalue weighted by atomic mass is 10.0. The predicted octanol–water partition coefficient (Wildman–Crippen LogP) is 18.2. The first-order chi connectivity index (χ1) is 44.3. The summed E-state index contributed by atoms with van der Waals surface area (Å²) < 4.78 is 36.3. The van der Waals surface area contributed by atoms with Crippen LogP contribution in [0.4, 0.5) is 0 Å². The third-order valence-electron chi connectivity index (χ3n) is 17.2.